The average Bonchev–Trinajstić information content (AvgIpc) is 2.72. The lowest BCUT2D eigenvalue weighted by Crippen LogP contribution is -2.17. The van der Waals surface area contributed by atoms with Gasteiger partial charge in [-0.15, -0.1) is 11.8 Å². The van der Waals surface area contributed by atoms with Gasteiger partial charge in [0.2, 0.25) is 5.91 Å². The average molecular weight is 410 g/mol. The van der Waals surface area contributed by atoms with E-state index in [0.29, 0.717) is 10.8 Å². The minimum Gasteiger partial charge on any atom is -0.325 e. The highest BCUT2D eigenvalue weighted by atomic mass is 35.5. The fourth-order valence-electron chi connectivity index (χ4n) is 3.19. The Bertz CT molecular complexity index is 925. The zero-order valence-electron chi connectivity index (χ0n) is 16.1. The van der Waals surface area contributed by atoms with Crippen molar-refractivity contribution in [3.05, 3.63) is 100 Å². The first kappa shape index (κ1) is 20.5. The molecule has 144 valence electrons. The van der Waals surface area contributed by atoms with Gasteiger partial charge in [0.1, 0.15) is 0 Å². The van der Waals surface area contributed by atoms with E-state index in [9.17, 15) is 4.79 Å². The van der Waals surface area contributed by atoms with Crippen LogP contribution in [0.5, 0.6) is 0 Å². The van der Waals surface area contributed by atoms with E-state index in [1.54, 1.807) is 11.8 Å². The fourth-order valence-corrected chi connectivity index (χ4v) is 4.40. The van der Waals surface area contributed by atoms with E-state index in [-0.39, 0.29) is 11.2 Å². The third-order valence-electron chi connectivity index (χ3n) is 4.66. The number of hydrogen-bond acceptors (Lipinski definition) is 2. The van der Waals surface area contributed by atoms with Crippen LogP contribution in [0.1, 0.15) is 34.4 Å². The van der Waals surface area contributed by atoms with Crippen molar-refractivity contribution >= 4 is 35.0 Å². The number of para-hydroxylation sites is 1. The van der Waals surface area contributed by atoms with Gasteiger partial charge < -0.3 is 5.32 Å². The Hall–Kier alpha value is -2.23. The molecule has 0 saturated carbocycles. The van der Waals surface area contributed by atoms with Crippen molar-refractivity contribution in [2.24, 2.45) is 0 Å². The number of nitrogens with one attached hydrogen (secondary N) is 1. The highest BCUT2D eigenvalue weighted by molar-refractivity contribution is 8.00. The molecule has 1 amide bonds. The molecule has 1 N–H and O–H groups in total. The zero-order chi connectivity index (χ0) is 19.9. The van der Waals surface area contributed by atoms with E-state index in [0.717, 1.165) is 28.8 Å². The summed E-state index contributed by atoms with van der Waals surface area (Å²) < 4.78 is 0. The molecule has 3 rings (SSSR count). The number of benzene rings is 3. The molecule has 0 aromatic heterocycles. The van der Waals surface area contributed by atoms with Gasteiger partial charge in [-0.25, -0.2) is 0 Å². The van der Waals surface area contributed by atoms with E-state index < -0.39 is 0 Å². The van der Waals surface area contributed by atoms with Crippen molar-refractivity contribution in [3.8, 4) is 0 Å². The van der Waals surface area contributed by atoms with Gasteiger partial charge >= 0.3 is 0 Å². The zero-order valence-corrected chi connectivity index (χ0v) is 17.7. The van der Waals surface area contributed by atoms with Gasteiger partial charge in [0, 0.05) is 10.7 Å². The van der Waals surface area contributed by atoms with Crippen LogP contribution in [0.3, 0.4) is 0 Å². The van der Waals surface area contributed by atoms with Crippen LogP contribution in [-0.2, 0) is 11.2 Å². The maximum atomic E-state index is 12.7. The van der Waals surface area contributed by atoms with Crippen LogP contribution < -0.4 is 5.32 Å². The van der Waals surface area contributed by atoms with Gasteiger partial charge in [0.05, 0.1) is 11.0 Å². The molecule has 28 heavy (non-hydrogen) atoms. The summed E-state index contributed by atoms with van der Waals surface area (Å²) in [6, 6.07) is 24.2. The number of halogens is 1. The number of carbonyl (C=O) groups is 1. The first-order valence-corrected chi connectivity index (χ1v) is 10.8. The van der Waals surface area contributed by atoms with Crippen LogP contribution in [0.15, 0.2) is 72.8 Å². The normalized spacial score (nSPS) is 11.8. The molecule has 0 aliphatic rings. The van der Waals surface area contributed by atoms with E-state index in [4.69, 9.17) is 11.6 Å². The third kappa shape index (κ3) is 5.18. The number of hydrogen-bond donors (Lipinski definition) is 1. The van der Waals surface area contributed by atoms with E-state index in [2.05, 4.69) is 30.4 Å². The minimum atomic E-state index is 0.0175. The molecule has 0 radical (unpaired) electrons. The molecule has 0 aliphatic heterocycles. The lowest BCUT2D eigenvalue weighted by molar-refractivity contribution is -0.113. The van der Waals surface area contributed by atoms with Crippen LogP contribution >= 0.6 is 23.4 Å². The standard InChI is InChI=1S/C24H24ClNOS/c1-3-18-11-7-8-17(2)23(18)26-22(27)16-28-24(19-9-5-4-6-10-19)20-12-14-21(25)15-13-20/h4-15,24H,3,16H2,1-2H3,(H,26,27)/t24-/m0/s1. The lowest BCUT2D eigenvalue weighted by atomic mass is 10.0. The second kappa shape index (κ2) is 9.81. The van der Waals surface area contributed by atoms with Crippen LogP contribution in [0.2, 0.25) is 5.02 Å². The van der Waals surface area contributed by atoms with Crippen LogP contribution in [0.25, 0.3) is 0 Å². The summed E-state index contributed by atoms with van der Waals surface area (Å²) in [5, 5.41) is 3.90. The minimum absolute atomic E-state index is 0.0175. The van der Waals surface area contributed by atoms with Crippen LogP contribution in [-0.4, -0.2) is 11.7 Å². The summed E-state index contributed by atoms with van der Waals surface area (Å²) in [6.45, 7) is 4.13. The summed E-state index contributed by atoms with van der Waals surface area (Å²) in [7, 11) is 0. The highest BCUT2D eigenvalue weighted by Gasteiger charge is 2.17. The number of carbonyl (C=O) groups excluding carboxylic acids is 1. The topological polar surface area (TPSA) is 29.1 Å². The molecule has 0 spiro atoms. The van der Waals surface area contributed by atoms with Gasteiger partial charge in [-0.3, -0.25) is 4.79 Å². The smallest absolute Gasteiger partial charge is 0.234 e. The summed E-state index contributed by atoms with van der Waals surface area (Å²) in [6.07, 6.45) is 0.891. The third-order valence-corrected chi connectivity index (χ3v) is 6.22. The van der Waals surface area contributed by atoms with Crippen molar-refractivity contribution in [1.29, 1.82) is 0 Å². The van der Waals surface area contributed by atoms with Crippen LogP contribution in [0.4, 0.5) is 5.69 Å². The quantitative estimate of drug-likeness (QED) is 0.472. The monoisotopic (exact) mass is 409 g/mol. The number of thioether (sulfide) groups is 1. The summed E-state index contributed by atoms with van der Waals surface area (Å²) in [5.41, 5.74) is 5.51. The van der Waals surface area contributed by atoms with Crippen molar-refractivity contribution in [1.82, 2.24) is 0 Å². The predicted octanol–water partition coefficient (Wildman–Crippen LogP) is 6.67. The van der Waals surface area contributed by atoms with Gasteiger partial charge in [-0.1, -0.05) is 79.2 Å². The Morgan fingerprint density at radius 3 is 2.32 bits per heavy atom. The summed E-state index contributed by atoms with van der Waals surface area (Å²) in [4.78, 5) is 12.7. The number of rotatable bonds is 7. The molecule has 0 heterocycles. The van der Waals surface area contributed by atoms with Crippen molar-refractivity contribution in [2.75, 3.05) is 11.1 Å². The van der Waals surface area contributed by atoms with Crippen LogP contribution in [0, 0.1) is 6.92 Å². The van der Waals surface area contributed by atoms with E-state index >= 15 is 0 Å². The maximum absolute atomic E-state index is 12.7. The largest absolute Gasteiger partial charge is 0.325 e. The maximum Gasteiger partial charge on any atom is 0.234 e. The van der Waals surface area contributed by atoms with E-state index in [1.165, 1.54) is 5.56 Å². The predicted molar refractivity (Wildman–Crippen MR) is 121 cm³/mol. The molecule has 3 aromatic rings. The Labute approximate surface area is 176 Å². The first-order chi connectivity index (χ1) is 13.6. The van der Waals surface area contributed by atoms with Crippen molar-refractivity contribution in [2.45, 2.75) is 25.5 Å². The van der Waals surface area contributed by atoms with Crippen molar-refractivity contribution < 1.29 is 4.79 Å². The SMILES string of the molecule is CCc1cccc(C)c1NC(=O)CS[C@@H](c1ccccc1)c1ccc(Cl)cc1. The molecular formula is C24H24ClNOS. The van der Waals surface area contributed by atoms with Gasteiger partial charge in [0.25, 0.3) is 0 Å². The van der Waals surface area contributed by atoms with Gasteiger partial charge in [-0.05, 0) is 47.7 Å². The summed E-state index contributed by atoms with van der Waals surface area (Å²) in [5.74, 6) is 0.392. The van der Waals surface area contributed by atoms with E-state index in [1.807, 2.05) is 61.5 Å². The fraction of sp³-hybridized carbons (Fsp3) is 0.208. The molecule has 0 fully saturated rings. The second-order valence-corrected chi connectivity index (χ2v) is 8.19. The molecule has 2 nitrogen and oxygen atoms in total. The molecule has 0 aliphatic carbocycles. The molecule has 0 bridgehead atoms. The van der Waals surface area contributed by atoms with Crippen molar-refractivity contribution in [3.63, 3.8) is 0 Å². The van der Waals surface area contributed by atoms with Gasteiger partial charge in [0.15, 0.2) is 0 Å². The highest BCUT2D eigenvalue weighted by Crippen LogP contribution is 2.36. The Balaban J connectivity index is 1.75. The number of aryl methyl sites for hydroxylation is 2. The Morgan fingerprint density at radius 2 is 1.64 bits per heavy atom. The lowest BCUT2D eigenvalue weighted by Gasteiger charge is -2.18. The molecule has 0 saturated heterocycles. The molecule has 4 heteroatoms. The molecular weight excluding hydrogens is 386 g/mol. The molecule has 3 aromatic carbocycles. The Morgan fingerprint density at radius 1 is 0.964 bits per heavy atom. The number of anilines is 1. The Kier molecular flexibility index (Phi) is 7.18. The number of amides is 1. The van der Waals surface area contributed by atoms with Gasteiger partial charge in [-0.2, -0.15) is 0 Å². The summed E-state index contributed by atoms with van der Waals surface area (Å²) >= 11 is 7.68. The first-order valence-electron chi connectivity index (χ1n) is 9.39. The molecule has 1 atom stereocenters. The molecule has 0 unspecified atom stereocenters. The second-order valence-electron chi connectivity index (χ2n) is 6.66.